The second-order valence-corrected chi connectivity index (χ2v) is 5.62. The van der Waals surface area contributed by atoms with Gasteiger partial charge in [-0.1, -0.05) is 0 Å². The molecular weight excluding hydrogens is 226 g/mol. The summed E-state index contributed by atoms with van der Waals surface area (Å²) in [6, 6.07) is 0. The lowest BCUT2D eigenvalue weighted by Gasteiger charge is -2.04. The lowest BCUT2D eigenvalue weighted by atomic mass is 10.5. The molecule has 0 atom stereocenters. The molecule has 0 unspecified atom stereocenters. The van der Waals surface area contributed by atoms with E-state index in [0.29, 0.717) is 6.54 Å². The molecule has 0 aliphatic carbocycles. The highest BCUT2D eigenvalue weighted by atomic mass is 32.2. The third-order valence-electron chi connectivity index (χ3n) is 1.43. The molecule has 0 fully saturated rings. The minimum Gasteiger partial charge on any atom is -0.481 e. The molecule has 0 radical (unpaired) electrons. The van der Waals surface area contributed by atoms with Gasteiger partial charge in [-0.15, -0.1) is 0 Å². The second-order valence-electron chi connectivity index (χ2n) is 2.70. The van der Waals surface area contributed by atoms with Gasteiger partial charge in [-0.3, -0.25) is 4.79 Å². The average Bonchev–Trinajstić information content (AvgIpc) is 2.10. The Kier molecular flexibility index (Phi) is 6.94. The smallest absolute Gasteiger partial charge is 0.304 e. The van der Waals surface area contributed by atoms with Crippen LogP contribution >= 0.6 is 11.8 Å². The Hall–Kier alpha value is -0.270. The van der Waals surface area contributed by atoms with Gasteiger partial charge < -0.3 is 5.11 Å². The summed E-state index contributed by atoms with van der Waals surface area (Å²) in [4.78, 5) is 10.1. The largest absolute Gasteiger partial charge is 0.481 e. The van der Waals surface area contributed by atoms with Gasteiger partial charge in [-0.25, -0.2) is 13.1 Å². The maximum absolute atomic E-state index is 11.1. The van der Waals surface area contributed by atoms with Crippen LogP contribution in [0.5, 0.6) is 0 Å². The quantitative estimate of drug-likeness (QED) is 0.590. The molecule has 0 bridgehead atoms. The predicted molar refractivity (Wildman–Crippen MR) is 57.0 cm³/mol. The third kappa shape index (κ3) is 8.33. The van der Waals surface area contributed by atoms with Crippen LogP contribution in [-0.4, -0.2) is 43.8 Å². The number of nitrogens with one attached hydrogen (secondary N) is 1. The number of aliphatic carboxylic acids is 1. The van der Waals surface area contributed by atoms with Gasteiger partial charge >= 0.3 is 5.97 Å². The summed E-state index contributed by atoms with van der Waals surface area (Å²) in [5.41, 5.74) is 0. The molecule has 0 rings (SSSR count). The van der Waals surface area contributed by atoms with E-state index in [9.17, 15) is 13.2 Å². The predicted octanol–water partition coefficient (Wildman–Crippen LogP) is 0.134. The molecule has 0 saturated carbocycles. The highest BCUT2D eigenvalue weighted by molar-refractivity contribution is 7.98. The monoisotopic (exact) mass is 241 g/mol. The molecule has 84 valence electrons. The molecule has 14 heavy (non-hydrogen) atoms. The lowest BCUT2D eigenvalue weighted by molar-refractivity contribution is -0.136. The van der Waals surface area contributed by atoms with Crippen LogP contribution in [0.25, 0.3) is 0 Å². The molecule has 0 aromatic heterocycles. The maximum Gasteiger partial charge on any atom is 0.304 e. The summed E-state index contributed by atoms with van der Waals surface area (Å²) in [5, 5.41) is 8.29. The van der Waals surface area contributed by atoms with E-state index in [2.05, 4.69) is 4.72 Å². The molecule has 0 aliphatic heterocycles. The van der Waals surface area contributed by atoms with Crippen LogP contribution < -0.4 is 4.72 Å². The summed E-state index contributed by atoms with van der Waals surface area (Å²) < 4.78 is 24.6. The number of thioether (sulfide) groups is 1. The number of carbonyl (C=O) groups is 1. The van der Waals surface area contributed by atoms with Crippen LogP contribution in [0.4, 0.5) is 0 Å². The van der Waals surface area contributed by atoms with Crippen molar-refractivity contribution in [2.45, 2.75) is 12.8 Å². The molecule has 0 aromatic rings. The summed E-state index contributed by atoms with van der Waals surface area (Å²) in [5.74, 6) is -0.553. The standard InChI is InChI=1S/C7H15NO4S2/c1-13-5-2-4-8-14(11,12)6-3-7(9)10/h8H,2-6H2,1H3,(H,9,10). The van der Waals surface area contributed by atoms with Gasteiger partial charge in [0.1, 0.15) is 0 Å². The van der Waals surface area contributed by atoms with E-state index in [1.165, 1.54) is 0 Å². The van der Waals surface area contributed by atoms with Crippen LogP contribution in [0.1, 0.15) is 12.8 Å². The van der Waals surface area contributed by atoms with Crippen LogP contribution in [0, 0.1) is 0 Å². The molecule has 0 aliphatic rings. The fraction of sp³-hybridized carbons (Fsp3) is 0.857. The summed E-state index contributed by atoms with van der Waals surface area (Å²) in [7, 11) is -3.40. The van der Waals surface area contributed by atoms with E-state index < -0.39 is 16.0 Å². The van der Waals surface area contributed by atoms with E-state index in [4.69, 9.17) is 5.11 Å². The zero-order valence-corrected chi connectivity index (χ0v) is 9.66. The number of rotatable bonds is 8. The Labute approximate surface area is 88.3 Å². The van der Waals surface area contributed by atoms with Crippen LogP contribution in [0.15, 0.2) is 0 Å². The zero-order chi connectivity index (χ0) is 11.0. The van der Waals surface area contributed by atoms with Gasteiger partial charge in [0.2, 0.25) is 10.0 Å². The first-order valence-corrected chi connectivity index (χ1v) is 7.20. The topological polar surface area (TPSA) is 83.5 Å². The van der Waals surface area contributed by atoms with Gasteiger partial charge in [0.25, 0.3) is 0 Å². The number of carboxylic acid groups (broad SMARTS) is 1. The Morgan fingerprint density at radius 2 is 2.14 bits per heavy atom. The van der Waals surface area contributed by atoms with Crippen molar-refractivity contribution in [2.24, 2.45) is 0 Å². The van der Waals surface area contributed by atoms with E-state index in [0.717, 1.165) is 12.2 Å². The molecule has 7 heteroatoms. The Bertz CT molecular complexity index is 263. The van der Waals surface area contributed by atoms with Crippen molar-refractivity contribution in [2.75, 3.05) is 24.3 Å². The molecule has 0 heterocycles. The molecule has 2 N–H and O–H groups in total. The van der Waals surface area contributed by atoms with E-state index in [1.54, 1.807) is 11.8 Å². The highest BCUT2D eigenvalue weighted by Crippen LogP contribution is 1.95. The minimum atomic E-state index is -3.40. The van der Waals surface area contributed by atoms with Crippen molar-refractivity contribution in [3.05, 3.63) is 0 Å². The average molecular weight is 241 g/mol. The van der Waals surface area contributed by atoms with Gasteiger partial charge in [0.05, 0.1) is 12.2 Å². The molecule has 0 amide bonds. The highest BCUT2D eigenvalue weighted by Gasteiger charge is 2.11. The van der Waals surface area contributed by atoms with Crippen LogP contribution in [0.3, 0.4) is 0 Å². The molecule has 5 nitrogen and oxygen atoms in total. The zero-order valence-electron chi connectivity index (χ0n) is 8.02. The lowest BCUT2D eigenvalue weighted by Crippen LogP contribution is -2.28. The first-order valence-electron chi connectivity index (χ1n) is 4.16. The van der Waals surface area contributed by atoms with Crippen molar-refractivity contribution < 1.29 is 18.3 Å². The van der Waals surface area contributed by atoms with Crippen molar-refractivity contribution in [3.63, 3.8) is 0 Å². The Morgan fingerprint density at radius 1 is 1.50 bits per heavy atom. The Balaban J connectivity index is 3.67. The molecule has 0 spiro atoms. The SMILES string of the molecule is CSCCCNS(=O)(=O)CCC(=O)O. The van der Waals surface area contributed by atoms with E-state index in [-0.39, 0.29) is 12.2 Å². The first-order chi connectivity index (χ1) is 6.48. The first kappa shape index (κ1) is 13.7. The summed E-state index contributed by atoms with van der Waals surface area (Å²) >= 11 is 1.64. The number of carboxylic acids is 1. The number of hydrogen-bond donors (Lipinski definition) is 2. The van der Waals surface area contributed by atoms with Crippen LogP contribution in [-0.2, 0) is 14.8 Å². The molecule has 0 aromatic carbocycles. The maximum atomic E-state index is 11.1. The number of hydrogen-bond acceptors (Lipinski definition) is 4. The normalized spacial score (nSPS) is 11.5. The Morgan fingerprint density at radius 3 is 2.64 bits per heavy atom. The van der Waals surface area contributed by atoms with Gasteiger partial charge in [-0.05, 0) is 18.4 Å². The van der Waals surface area contributed by atoms with E-state index in [1.807, 2.05) is 6.26 Å². The van der Waals surface area contributed by atoms with Crippen molar-refractivity contribution in [3.8, 4) is 0 Å². The van der Waals surface area contributed by atoms with Crippen LogP contribution in [0.2, 0.25) is 0 Å². The molecular formula is C7H15NO4S2. The van der Waals surface area contributed by atoms with Crippen molar-refractivity contribution in [1.82, 2.24) is 4.72 Å². The van der Waals surface area contributed by atoms with E-state index >= 15 is 0 Å². The summed E-state index contributed by atoms with van der Waals surface area (Å²) in [6.45, 7) is 0.378. The fourth-order valence-electron chi connectivity index (χ4n) is 0.738. The van der Waals surface area contributed by atoms with Gasteiger partial charge in [-0.2, -0.15) is 11.8 Å². The molecule has 0 saturated heterocycles. The third-order valence-corrected chi connectivity index (χ3v) is 3.51. The van der Waals surface area contributed by atoms with Crippen molar-refractivity contribution >= 4 is 27.8 Å². The number of sulfonamides is 1. The second kappa shape index (κ2) is 7.08. The van der Waals surface area contributed by atoms with Crippen molar-refractivity contribution in [1.29, 1.82) is 0 Å². The minimum absolute atomic E-state index is 0.346. The fourth-order valence-corrected chi connectivity index (χ4v) is 2.21. The summed E-state index contributed by atoms with van der Waals surface area (Å²) in [6.07, 6.45) is 2.35. The van der Waals surface area contributed by atoms with Gasteiger partial charge in [0, 0.05) is 6.54 Å². The van der Waals surface area contributed by atoms with Gasteiger partial charge in [0.15, 0.2) is 0 Å².